The lowest BCUT2D eigenvalue weighted by Crippen LogP contribution is -2.38. The third-order valence-corrected chi connectivity index (χ3v) is 3.65. The first-order chi connectivity index (χ1) is 10.0. The van der Waals surface area contributed by atoms with Gasteiger partial charge in [0.25, 0.3) is 0 Å². The summed E-state index contributed by atoms with van der Waals surface area (Å²) in [4.78, 5) is 12.4. The van der Waals surface area contributed by atoms with E-state index in [1.165, 1.54) is 0 Å². The van der Waals surface area contributed by atoms with Crippen LogP contribution in [0.2, 0.25) is 0 Å². The fourth-order valence-corrected chi connectivity index (χ4v) is 2.29. The molecule has 0 radical (unpaired) electrons. The van der Waals surface area contributed by atoms with E-state index >= 15 is 0 Å². The topological polar surface area (TPSA) is 70.6 Å². The predicted molar refractivity (Wildman–Crippen MR) is 83.1 cm³/mol. The van der Waals surface area contributed by atoms with Gasteiger partial charge in [0.2, 0.25) is 0 Å². The summed E-state index contributed by atoms with van der Waals surface area (Å²) < 4.78 is 5.83. The van der Waals surface area contributed by atoms with Crippen LogP contribution in [0.5, 0.6) is 5.75 Å². The molecule has 0 saturated carbocycles. The molecule has 21 heavy (non-hydrogen) atoms. The Hall–Kier alpha value is -1.59. The van der Waals surface area contributed by atoms with Crippen LogP contribution in [0.25, 0.3) is 0 Å². The maximum absolute atomic E-state index is 12.4. The van der Waals surface area contributed by atoms with Crippen molar-refractivity contribution in [2.45, 2.75) is 45.4 Å². The molecule has 116 valence electrons. The molecule has 1 aromatic rings. The molecule has 3 unspecified atom stereocenters. The summed E-state index contributed by atoms with van der Waals surface area (Å²) >= 11 is 0. The molecule has 0 aromatic heterocycles. The maximum atomic E-state index is 12.4. The molecule has 3 N–H and O–H groups in total. The van der Waals surface area contributed by atoms with Crippen LogP contribution in [-0.4, -0.2) is 42.2 Å². The average molecular weight is 292 g/mol. The minimum absolute atomic E-state index is 0.0119. The summed E-state index contributed by atoms with van der Waals surface area (Å²) in [5, 5.41) is 15.6. The Labute approximate surface area is 125 Å². The Balaban J connectivity index is 2.06. The molecule has 1 heterocycles. The number of ketones is 1. The van der Waals surface area contributed by atoms with E-state index in [4.69, 9.17) is 4.74 Å². The number of hydrogen-bond acceptors (Lipinski definition) is 5. The Morgan fingerprint density at radius 1 is 1.52 bits per heavy atom. The molecule has 1 aliphatic rings. The van der Waals surface area contributed by atoms with Gasteiger partial charge in [0, 0.05) is 12.1 Å². The van der Waals surface area contributed by atoms with Crippen molar-refractivity contribution in [1.82, 2.24) is 5.32 Å². The highest BCUT2D eigenvalue weighted by Gasteiger charge is 2.21. The van der Waals surface area contributed by atoms with E-state index in [-0.39, 0.29) is 17.9 Å². The van der Waals surface area contributed by atoms with Crippen molar-refractivity contribution in [1.29, 1.82) is 0 Å². The summed E-state index contributed by atoms with van der Waals surface area (Å²) in [5.74, 6) is 0.812. The summed E-state index contributed by atoms with van der Waals surface area (Å²) in [6.07, 6.45) is 0.670. The number of aliphatic hydroxyl groups is 1. The molecule has 5 heteroatoms. The van der Waals surface area contributed by atoms with Crippen molar-refractivity contribution < 1.29 is 14.6 Å². The molecule has 0 aliphatic carbocycles. The molecule has 1 aliphatic heterocycles. The summed E-state index contributed by atoms with van der Waals surface area (Å²) in [6, 6.07) is 5.15. The molecule has 0 fully saturated rings. The Morgan fingerprint density at radius 2 is 2.29 bits per heavy atom. The molecule has 1 aromatic carbocycles. The Kier molecular flexibility index (Phi) is 5.20. The molecule has 0 spiro atoms. The van der Waals surface area contributed by atoms with E-state index in [0.717, 1.165) is 24.4 Å². The largest absolute Gasteiger partial charge is 0.486 e. The number of Topliss-reactive ketones (excluding diaryl/α,β-unsaturated/α-hetero) is 1. The molecule has 0 amide bonds. The van der Waals surface area contributed by atoms with Crippen molar-refractivity contribution in [2.75, 3.05) is 18.4 Å². The third kappa shape index (κ3) is 3.95. The molecule has 0 bridgehead atoms. The van der Waals surface area contributed by atoms with Crippen molar-refractivity contribution in [3.05, 3.63) is 23.8 Å². The molecule has 0 saturated heterocycles. The number of carbonyl (C=O) groups excluding carboxylic acids is 1. The summed E-state index contributed by atoms with van der Waals surface area (Å²) in [5.41, 5.74) is 1.51. The number of carbonyl (C=O) groups is 1. The first kappa shape index (κ1) is 15.8. The number of anilines is 1. The van der Waals surface area contributed by atoms with Gasteiger partial charge in [-0.3, -0.25) is 4.79 Å². The minimum Gasteiger partial charge on any atom is -0.486 e. The lowest BCUT2D eigenvalue weighted by Gasteiger charge is -2.27. The van der Waals surface area contributed by atoms with Gasteiger partial charge in [-0.05, 0) is 38.5 Å². The Morgan fingerprint density at radius 3 is 2.95 bits per heavy atom. The van der Waals surface area contributed by atoms with E-state index in [2.05, 4.69) is 17.6 Å². The normalized spacial score (nSPS) is 19.9. The highest BCUT2D eigenvalue weighted by molar-refractivity contribution is 6.01. The fourth-order valence-electron chi connectivity index (χ4n) is 2.29. The van der Waals surface area contributed by atoms with E-state index in [1.807, 2.05) is 12.1 Å². The van der Waals surface area contributed by atoms with Gasteiger partial charge in [-0.2, -0.15) is 0 Å². The van der Waals surface area contributed by atoms with Crippen LogP contribution in [0.15, 0.2) is 18.2 Å². The second-order valence-electron chi connectivity index (χ2n) is 5.58. The van der Waals surface area contributed by atoms with Gasteiger partial charge in [-0.1, -0.05) is 6.92 Å². The van der Waals surface area contributed by atoms with Crippen LogP contribution in [0.4, 0.5) is 5.69 Å². The third-order valence-electron chi connectivity index (χ3n) is 3.65. The van der Waals surface area contributed by atoms with Gasteiger partial charge >= 0.3 is 0 Å². The van der Waals surface area contributed by atoms with Gasteiger partial charge in [0.15, 0.2) is 5.78 Å². The van der Waals surface area contributed by atoms with Crippen molar-refractivity contribution >= 4 is 11.5 Å². The smallest absolute Gasteiger partial charge is 0.179 e. The van der Waals surface area contributed by atoms with Gasteiger partial charge in [-0.15, -0.1) is 0 Å². The first-order valence-electron chi connectivity index (χ1n) is 7.51. The quantitative estimate of drug-likeness (QED) is 0.698. The van der Waals surface area contributed by atoms with E-state index in [1.54, 1.807) is 19.9 Å². The monoisotopic (exact) mass is 292 g/mol. The predicted octanol–water partition coefficient (Wildman–Crippen LogP) is 1.81. The fraction of sp³-hybridized carbons (Fsp3) is 0.562. The first-order valence-corrected chi connectivity index (χ1v) is 7.51. The average Bonchev–Trinajstić information content (AvgIpc) is 2.50. The number of rotatable bonds is 6. The van der Waals surface area contributed by atoms with Crippen LogP contribution < -0.4 is 15.4 Å². The SMILES string of the molecule is CCC1CNc2cc(C(=O)C(C)NCC(C)O)ccc2O1. The molecule has 5 nitrogen and oxygen atoms in total. The van der Waals surface area contributed by atoms with Gasteiger partial charge in [-0.25, -0.2) is 0 Å². The van der Waals surface area contributed by atoms with Crippen LogP contribution in [0, 0.1) is 0 Å². The number of aliphatic hydroxyl groups excluding tert-OH is 1. The molecular weight excluding hydrogens is 268 g/mol. The lowest BCUT2D eigenvalue weighted by atomic mass is 10.0. The van der Waals surface area contributed by atoms with Crippen LogP contribution in [-0.2, 0) is 0 Å². The van der Waals surface area contributed by atoms with Crippen molar-refractivity contribution in [2.24, 2.45) is 0 Å². The summed E-state index contributed by atoms with van der Waals surface area (Å²) in [7, 11) is 0. The second kappa shape index (κ2) is 6.91. The second-order valence-corrected chi connectivity index (χ2v) is 5.58. The number of benzene rings is 1. The minimum atomic E-state index is -0.468. The van der Waals surface area contributed by atoms with Crippen molar-refractivity contribution in [3.63, 3.8) is 0 Å². The highest BCUT2D eigenvalue weighted by atomic mass is 16.5. The zero-order valence-corrected chi connectivity index (χ0v) is 12.8. The van der Waals surface area contributed by atoms with Gasteiger partial charge in [0.05, 0.1) is 24.4 Å². The van der Waals surface area contributed by atoms with Gasteiger partial charge < -0.3 is 20.5 Å². The highest BCUT2D eigenvalue weighted by Crippen LogP contribution is 2.30. The number of fused-ring (bicyclic) bond motifs is 1. The van der Waals surface area contributed by atoms with Crippen LogP contribution >= 0.6 is 0 Å². The summed E-state index contributed by atoms with van der Waals surface area (Å²) in [6.45, 7) is 6.74. The molecular formula is C16H24N2O3. The van der Waals surface area contributed by atoms with Gasteiger partial charge in [0.1, 0.15) is 11.9 Å². The van der Waals surface area contributed by atoms with E-state index in [0.29, 0.717) is 12.1 Å². The maximum Gasteiger partial charge on any atom is 0.179 e. The van der Waals surface area contributed by atoms with E-state index in [9.17, 15) is 9.90 Å². The lowest BCUT2D eigenvalue weighted by molar-refractivity contribution is 0.0941. The number of nitrogens with one attached hydrogen (secondary N) is 2. The standard InChI is InChI=1S/C16H24N2O3/c1-4-13-9-18-14-7-12(5-6-15(14)21-13)16(20)11(3)17-8-10(2)19/h5-7,10-11,13,17-19H,4,8-9H2,1-3H3. The van der Waals surface area contributed by atoms with Crippen molar-refractivity contribution in [3.8, 4) is 5.75 Å². The number of ether oxygens (including phenoxy) is 1. The van der Waals surface area contributed by atoms with E-state index < -0.39 is 6.10 Å². The zero-order valence-electron chi connectivity index (χ0n) is 12.8. The molecule has 2 rings (SSSR count). The number of hydrogen-bond donors (Lipinski definition) is 3. The molecule has 3 atom stereocenters. The van der Waals surface area contributed by atoms with Crippen LogP contribution in [0.1, 0.15) is 37.6 Å². The Bertz CT molecular complexity index is 502. The zero-order chi connectivity index (χ0) is 15.4. The van der Waals surface area contributed by atoms with Crippen LogP contribution in [0.3, 0.4) is 0 Å².